The van der Waals surface area contributed by atoms with Crippen LogP contribution in [0.5, 0.6) is 0 Å². The Bertz CT molecular complexity index is 551. The predicted molar refractivity (Wildman–Crippen MR) is 72.4 cm³/mol. The van der Waals surface area contributed by atoms with Gasteiger partial charge in [-0.3, -0.25) is 10.1 Å². The van der Waals surface area contributed by atoms with Gasteiger partial charge in [0.1, 0.15) is 11.7 Å². The standard InChI is InChI=1S/C13H15N3O4/c1-2-3-4-11(13(17)18)15-10-6-5-9(8-14)7-12(10)16(19)20/h5-7,11,15H,2-4H2,1H3,(H,17,18)/t11-/m0/s1. The van der Waals surface area contributed by atoms with Crippen molar-refractivity contribution in [2.75, 3.05) is 5.32 Å². The summed E-state index contributed by atoms with van der Waals surface area (Å²) in [5.74, 6) is -1.06. The Balaban J connectivity index is 3.03. The number of nitrogens with zero attached hydrogens (tertiary/aromatic N) is 2. The van der Waals surface area contributed by atoms with E-state index in [0.717, 1.165) is 12.5 Å². The molecule has 0 unspecified atom stereocenters. The monoisotopic (exact) mass is 277 g/mol. The van der Waals surface area contributed by atoms with Gasteiger partial charge < -0.3 is 10.4 Å². The van der Waals surface area contributed by atoms with Crippen molar-refractivity contribution in [3.8, 4) is 6.07 Å². The zero-order chi connectivity index (χ0) is 15.1. The lowest BCUT2D eigenvalue weighted by Gasteiger charge is -2.15. The molecular weight excluding hydrogens is 262 g/mol. The number of nitro benzene ring substituents is 1. The molecule has 1 aromatic carbocycles. The maximum Gasteiger partial charge on any atom is 0.326 e. The van der Waals surface area contributed by atoms with Gasteiger partial charge in [0.05, 0.1) is 16.6 Å². The number of benzene rings is 1. The highest BCUT2D eigenvalue weighted by Crippen LogP contribution is 2.26. The number of hydrogen-bond donors (Lipinski definition) is 2. The third-order valence-corrected chi connectivity index (χ3v) is 2.80. The molecule has 0 saturated carbocycles. The predicted octanol–water partition coefficient (Wildman–Crippen LogP) is 2.52. The third kappa shape index (κ3) is 3.95. The second-order valence-corrected chi connectivity index (χ2v) is 4.28. The average molecular weight is 277 g/mol. The van der Waals surface area contributed by atoms with E-state index in [1.165, 1.54) is 12.1 Å². The second kappa shape index (κ2) is 7.09. The minimum Gasteiger partial charge on any atom is -0.480 e. The molecule has 0 saturated heterocycles. The number of carboxylic acids is 1. The van der Waals surface area contributed by atoms with E-state index in [-0.39, 0.29) is 16.9 Å². The maximum absolute atomic E-state index is 11.1. The largest absolute Gasteiger partial charge is 0.480 e. The summed E-state index contributed by atoms with van der Waals surface area (Å²) in [5, 5.41) is 31.5. The minimum absolute atomic E-state index is 0.109. The number of carbonyl (C=O) groups is 1. The smallest absolute Gasteiger partial charge is 0.326 e. The molecule has 0 amide bonds. The number of aliphatic carboxylic acids is 1. The Morgan fingerprint density at radius 2 is 2.30 bits per heavy atom. The molecule has 7 nitrogen and oxygen atoms in total. The maximum atomic E-state index is 11.1. The fourth-order valence-corrected chi connectivity index (χ4v) is 1.73. The van der Waals surface area contributed by atoms with Gasteiger partial charge in [-0.1, -0.05) is 19.8 Å². The van der Waals surface area contributed by atoms with Crippen LogP contribution < -0.4 is 5.32 Å². The third-order valence-electron chi connectivity index (χ3n) is 2.80. The number of nitriles is 1. The lowest BCUT2D eigenvalue weighted by molar-refractivity contribution is -0.384. The highest BCUT2D eigenvalue weighted by atomic mass is 16.6. The molecule has 0 radical (unpaired) electrons. The topological polar surface area (TPSA) is 116 Å². The Morgan fingerprint density at radius 1 is 1.60 bits per heavy atom. The van der Waals surface area contributed by atoms with Gasteiger partial charge in [-0.15, -0.1) is 0 Å². The molecule has 0 heterocycles. The molecule has 0 aliphatic carbocycles. The molecule has 2 N–H and O–H groups in total. The molecule has 0 spiro atoms. The van der Waals surface area contributed by atoms with E-state index in [9.17, 15) is 14.9 Å². The minimum atomic E-state index is -1.06. The number of anilines is 1. The molecule has 0 aliphatic rings. The normalized spacial score (nSPS) is 11.4. The first-order chi connectivity index (χ1) is 9.49. The summed E-state index contributed by atoms with van der Waals surface area (Å²) in [6.45, 7) is 1.93. The molecule has 20 heavy (non-hydrogen) atoms. The highest BCUT2D eigenvalue weighted by molar-refractivity contribution is 5.79. The van der Waals surface area contributed by atoms with Crippen molar-refractivity contribution < 1.29 is 14.8 Å². The van der Waals surface area contributed by atoms with Crippen LogP contribution in [0.1, 0.15) is 31.7 Å². The fraction of sp³-hybridized carbons (Fsp3) is 0.385. The summed E-state index contributed by atoms with van der Waals surface area (Å²) in [7, 11) is 0. The van der Waals surface area contributed by atoms with Gasteiger partial charge in [-0.25, -0.2) is 4.79 Å². The number of carboxylic acid groups (broad SMARTS) is 1. The van der Waals surface area contributed by atoms with Crippen LogP contribution in [0.25, 0.3) is 0 Å². The Hall–Kier alpha value is -2.62. The van der Waals surface area contributed by atoms with Crippen molar-refractivity contribution in [3.63, 3.8) is 0 Å². The summed E-state index contributed by atoms with van der Waals surface area (Å²) in [6.07, 6.45) is 1.91. The summed E-state index contributed by atoms with van der Waals surface area (Å²) < 4.78 is 0. The van der Waals surface area contributed by atoms with Gasteiger partial charge in [0, 0.05) is 6.07 Å². The molecule has 1 rings (SSSR count). The molecule has 106 valence electrons. The molecule has 0 aromatic heterocycles. The Labute approximate surface area is 116 Å². The zero-order valence-electron chi connectivity index (χ0n) is 11.0. The van der Waals surface area contributed by atoms with Gasteiger partial charge in [0.25, 0.3) is 5.69 Å². The molecule has 1 atom stereocenters. The molecule has 0 aliphatic heterocycles. The van der Waals surface area contributed by atoms with Gasteiger partial charge in [-0.05, 0) is 18.6 Å². The number of unbranched alkanes of at least 4 members (excludes halogenated alkanes) is 1. The van der Waals surface area contributed by atoms with Gasteiger partial charge in [-0.2, -0.15) is 5.26 Å². The first kappa shape index (κ1) is 15.4. The van der Waals surface area contributed by atoms with Crippen LogP contribution in [0.3, 0.4) is 0 Å². The molecule has 0 fully saturated rings. The number of rotatable bonds is 7. The lowest BCUT2D eigenvalue weighted by atomic mass is 10.1. The second-order valence-electron chi connectivity index (χ2n) is 4.28. The van der Waals surface area contributed by atoms with Crippen LogP contribution in [0.2, 0.25) is 0 Å². The van der Waals surface area contributed by atoms with Crippen LogP contribution in [-0.4, -0.2) is 22.0 Å². The highest BCUT2D eigenvalue weighted by Gasteiger charge is 2.21. The van der Waals surface area contributed by atoms with E-state index >= 15 is 0 Å². The summed E-state index contributed by atoms with van der Waals surface area (Å²) >= 11 is 0. The van der Waals surface area contributed by atoms with Crippen molar-refractivity contribution in [1.29, 1.82) is 5.26 Å². The average Bonchev–Trinajstić information content (AvgIpc) is 2.42. The SMILES string of the molecule is CCCC[C@H](Nc1ccc(C#N)cc1[N+](=O)[O-])C(=O)O. The summed E-state index contributed by atoms with van der Waals surface area (Å²) in [5.41, 5.74) is -0.0352. The van der Waals surface area contributed by atoms with E-state index in [4.69, 9.17) is 10.4 Å². The molecule has 0 bridgehead atoms. The van der Waals surface area contributed by atoms with Crippen LogP contribution in [0.4, 0.5) is 11.4 Å². The van der Waals surface area contributed by atoms with Crippen molar-refractivity contribution >= 4 is 17.3 Å². The molecule has 1 aromatic rings. The van der Waals surface area contributed by atoms with Crippen LogP contribution in [0, 0.1) is 21.4 Å². The van der Waals surface area contributed by atoms with E-state index in [1.807, 2.05) is 13.0 Å². The summed E-state index contributed by atoms with van der Waals surface area (Å²) in [4.78, 5) is 21.5. The van der Waals surface area contributed by atoms with Crippen molar-refractivity contribution in [3.05, 3.63) is 33.9 Å². The fourth-order valence-electron chi connectivity index (χ4n) is 1.73. The summed E-state index contributed by atoms with van der Waals surface area (Å²) in [6, 6.07) is 4.82. The van der Waals surface area contributed by atoms with Crippen LogP contribution >= 0.6 is 0 Å². The van der Waals surface area contributed by atoms with E-state index in [1.54, 1.807) is 0 Å². The van der Waals surface area contributed by atoms with Crippen LogP contribution in [0.15, 0.2) is 18.2 Å². The van der Waals surface area contributed by atoms with Crippen LogP contribution in [-0.2, 0) is 4.79 Å². The Morgan fingerprint density at radius 3 is 2.80 bits per heavy atom. The first-order valence-corrected chi connectivity index (χ1v) is 6.17. The molecule has 7 heteroatoms. The zero-order valence-corrected chi connectivity index (χ0v) is 11.0. The van der Waals surface area contributed by atoms with Crippen molar-refractivity contribution in [2.45, 2.75) is 32.2 Å². The first-order valence-electron chi connectivity index (χ1n) is 6.17. The van der Waals surface area contributed by atoms with Gasteiger partial charge in [0.15, 0.2) is 0 Å². The lowest BCUT2D eigenvalue weighted by Crippen LogP contribution is -2.29. The van der Waals surface area contributed by atoms with E-state index < -0.39 is 16.9 Å². The van der Waals surface area contributed by atoms with Gasteiger partial charge in [0.2, 0.25) is 0 Å². The van der Waals surface area contributed by atoms with E-state index in [0.29, 0.717) is 12.8 Å². The number of nitro groups is 1. The number of nitrogens with one attached hydrogen (secondary N) is 1. The number of hydrogen-bond acceptors (Lipinski definition) is 5. The molecular formula is C13H15N3O4. The van der Waals surface area contributed by atoms with Crippen molar-refractivity contribution in [2.24, 2.45) is 0 Å². The van der Waals surface area contributed by atoms with E-state index in [2.05, 4.69) is 5.32 Å². The quantitative estimate of drug-likeness (QED) is 0.584. The van der Waals surface area contributed by atoms with Crippen molar-refractivity contribution in [1.82, 2.24) is 0 Å². The van der Waals surface area contributed by atoms with Gasteiger partial charge >= 0.3 is 5.97 Å². The Kier molecular flexibility index (Phi) is 5.47.